The third-order valence-electron chi connectivity index (χ3n) is 12.9. The second-order valence-corrected chi connectivity index (χ2v) is 22.8. The fourth-order valence-corrected chi connectivity index (χ4v) is 11.9. The molecule has 12 atom stereocenters. The van der Waals surface area contributed by atoms with Gasteiger partial charge in [-0.25, -0.2) is 4.79 Å². The fraction of sp³-hybridized carbons (Fsp3) is 0.587. The van der Waals surface area contributed by atoms with E-state index in [4.69, 9.17) is 20.3 Å². The van der Waals surface area contributed by atoms with Crippen LogP contribution in [0.2, 0.25) is 0 Å². The van der Waals surface area contributed by atoms with Crippen LogP contribution in [-0.2, 0) is 74.6 Å². The van der Waals surface area contributed by atoms with Gasteiger partial charge in [-0.1, -0.05) is 55.7 Å². The van der Waals surface area contributed by atoms with Gasteiger partial charge < -0.3 is 82.7 Å². The molecule has 14 N–H and O–H groups in total. The summed E-state index contributed by atoms with van der Waals surface area (Å²) >= 11 is 0. The number of nitrogens with two attached hydrogens (primary N) is 1. The van der Waals surface area contributed by atoms with E-state index in [1.54, 1.807) is 13.8 Å². The zero-order valence-electron chi connectivity index (χ0n) is 42.3. The number of carbonyl (C=O) groups excluding carboxylic acids is 10. The Hall–Kier alpha value is -6.70. The fourth-order valence-electron chi connectivity index (χ4n) is 8.32. The standard InChI is InChI=1S/C46H64N10O18S3/c1-5-20(2)36-41(66)49-14-34(61)50-30-19-77(72)43-26(25-7-6-23(57)10-27(25)53-43)12-28(38(63)48-15-35(62)54-36)51-42(67)37(22(4)32(59)17-74-46(71)73-8-9-75-76-18-21(3)45(69)70)55-40(65)31-11-24(58)16-56(31)44(68)29(13-33(47)60)52-39(30)64/h6-7,10,20-22,24,28-32,36-37,53,57-59H,5,8-9,11-19H2,1-4H3,(H2,47,60)(H,48,63)(H,49,66)(H,50,61)(H,51,67)(H,52,64)(H,54,62)(H,55,65)(H,69,70)/t20?,21-,22+,24+,28+,29-,30+,31-,32-,36+,37-,77?/m0/s1. The number of carboxylic acid groups (broad SMARTS) is 1. The first-order valence-corrected chi connectivity index (χ1v) is 28.2. The first kappa shape index (κ1) is 61.2. The summed E-state index contributed by atoms with van der Waals surface area (Å²) in [5.74, 6) is -13.8. The van der Waals surface area contributed by atoms with Crippen LogP contribution in [0.1, 0.15) is 52.5 Å². The molecular weight excluding hydrogens is 1080 g/mol. The molecule has 77 heavy (non-hydrogen) atoms. The summed E-state index contributed by atoms with van der Waals surface area (Å²) in [6.07, 6.45) is -6.09. The van der Waals surface area contributed by atoms with Gasteiger partial charge in [0.2, 0.25) is 53.2 Å². The molecule has 31 heteroatoms. The average molecular weight is 1140 g/mol. The molecule has 1 aromatic heterocycles. The highest BCUT2D eigenvalue weighted by molar-refractivity contribution is 8.76. The number of aliphatic hydroxyl groups excluding tert-OH is 2. The Morgan fingerprint density at radius 3 is 2.22 bits per heavy atom. The monoisotopic (exact) mass is 1140 g/mol. The van der Waals surface area contributed by atoms with Crippen molar-refractivity contribution in [1.82, 2.24) is 47.1 Å². The van der Waals surface area contributed by atoms with Gasteiger partial charge in [-0.05, 0) is 23.6 Å². The van der Waals surface area contributed by atoms with Crippen LogP contribution in [0, 0.1) is 17.8 Å². The van der Waals surface area contributed by atoms with Gasteiger partial charge in [0.25, 0.3) is 0 Å². The van der Waals surface area contributed by atoms with Crippen molar-refractivity contribution < 1.29 is 86.8 Å². The van der Waals surface area contributed by atoms with Crippen molar-refractivity contribution in [3.8, 4) is 5.75 Å². The molecule has 2 bridgehead atoms. The number of carbonyl (C=O) groups is 11. The number of aromatic nitrogens is 1. The van der Waals surface area contributed by atoms with Crippen molar-refractivity contribution in [3.63, 3.8) is 0 Å². The van der Waals surface area contributed by atoms with Crippen molar-refractivity contribution in [1.29, 1.82) is 0 Å². The molecule has 3 aliphatic heterocycles. The minimum atomic E-state index is -2.44. The Kier molecular flexibility index (Phi) is 22.3. The largest absolute Gasteiger partial charge is 0.508 e. The summed E-state index contributed by atoms with van der Waals surface area (Å²) in [7, 11) is 0.0344. The molecule has 2 aromatic rings. The van der Waals surface area contributed by atoms with E-state index in [1.807, 2.05) is 0 Å². The molecule has 2 unspecified atom stereocenters. The number of aliphatic hydroxyl groups is 2. The van der Waals surface area contributed by atoms with Crippen molar-refractivity contribution in [2.45, 2.75) is 107 Å². The van der Waals surface area contributed by atoms with Gasteiger partial charge in [-0.2, -0.15) is 0 Å². The van der Waals surface area contributed by atoms with Crippen LogP contribution in [-0.4, -0.2) is 198 Å². The number of aromatic amines is 1. The SMILES string of the molecule is CCC(C)[C@H]1NC(=O)CNC(=O)[C@H]2Cc3c([nH]c4cc(O)ccc34)S(=O)C[C@@H](NC(=O)CNC1=O)C(=O)N[C@@H](CC(N)=O)C(=O)N1C[C@H](O)C[C@H]1C(=O)N[C@@H]([C@H](C)[C@@H](O)COC(=O)OCCSSC[C@H](C)C(=O)O)C(=O)N2. The molecule has 0 saturated carbocycles. The number of fused-ring (bicyclic) bond motifs is 5. The van der Waals surface area contributed by atoms with E-state index in [0.29, 0.717) is 6.42 Å². The van der Waals surface area contributed by atoms with Crippen molar-refractivity contribution in [2.75, 3.05) is 50.1 Å². The van der Waals surface area contributed by atoms with Gasteiger partial charge in [0.1, 0.15) is 60.2 Å². The highest BCUT2D eigenvalue weighted by atomic mass is 33.1. The highest BCUT2D eigenvalue weighted by Crippen LogP contribution is 2.30. The van der Waals surface area contributed by atoms with Gasteiger partial charge in [0.05, 0.1) is 59.7 Å². The lowest BCUT2D eigenvalue weighted by molar-refractivity contribution is -0.144. The summed E-state index contributed by atoms with van der Waals surface area (Å²) in [6.45, 7) is 2.95. The average Bonchev–Trinajstić information content (AvgIpc) is 3.98. The van der Waals surface area contributed by atoms with Crippen LogP contribution in [0.15, 0.2) is 23.2 Å². The van der Waals surface area contributed by atoms with Crippen molar-refractivity contribution >= 4 is 109 Å². The number of phenols is 1. The number of rotatable bonds is 15. The Balaban J connectivity index is 1.61. The smallest absolute Gasteiger partial charge is 0.508 e. The number of aromatic hydroxyl groups is 1. The number of carboxylic acids is 1. The lowest BCUT2D eigenvalue weighted by Crippen LogP contribution is -2.62. The highest BCUT2D eigenvalue weighted by Gasteiger charge is 2.45. The second-order valence-electron chi connectivity index (χ2n) is 18.7. The number of aliphatic carboxylic acids is 1. The van der Waals surface area contributed by atoms with Crippen LogP contribution >= 0.6 is 21.6 Å². The Morgan fingerprint density at radius 1 is 0.857 bits per heavy atom. The molecule has 1 aromatic carbocycles. The van der Waals surface area contributed by atoms with E-state index >= 15 is 0 Å². The number of ether oxygens (including phenoxy) is 2. The second kappa shape index (κ2) is 28.1. The summed E-state index contributed by atoms with van der Waals surface area (Å²) in [5.41, 5.74) is 5.69. The number of nitrogens with one attached hydrogen (secondary N) is 8. The number of H-pyrrole nitrogens is 1. The molecule has 5 rings (SSSR count). The Bertz CT molecular complexity index is 2610. The number of benzene rings is 1. The van der Waals surface area contributed by atoms with Gasteiger partial charge >= 0.3 is 12.1 Å². The van der Waals surface area contributed by atoms with Crippen molar-refractivity contribution in [3.05, 3.63) is 23.8 Å². The lowest BCUT2D eigenvalue weighted by Gasteiger charge is -2.33. The number of amides is 9. The van der Waals surface area contributed by atoms with Crippen LogP contribution in [0.4, 0.5) is 4.79 Å². The molecule has 28 nitrogen and oxygen atoms in total. The van der Waals surface area contributed by atoms with Gasteiger partial charge in [-0.15, -0.1) is 0 Å². The maximum atomic E-state index is 14.9. The summed E-state index contributed by atoms with van der Waals surface area (Å²) in [5, 5.41) is 58.9. The van der Waals surface area contributed by atoms with Crippen LogP contribution in [0.5, 0.6) is 5.75 Å². The molecule has 4 heterocycles. The first-order valence-electron chi connectivity index (χ1n) is 24.4. The van der Waals surface area contributed by atoms with E-state index in [2.05, 4.69) is 42.2 Å². The minimum absolute atomic E-state index is 0.0322. The van der Waals surface area contributed by atoms with Crippen LogP contribution < -0.4 is 43.0 Å². The maximum absolute atomic E-state index is 14.9. The van der Waals surface area contributed by atoms with Crippen LogP contribution in [0.25, 0.3) is 10.9 Å². The molecular formula is C46H64N10O18S3. The molecule has 1 saturated heterocycles. The molecule has 1 fully saturated rings. The zero-order chi connectivity index (χ0) is 56.8. The maximum Gasteiger partial charge on any atom is 0.508 e. The molecule has 424 valence electrons. The van der Waals surface area contributed by atoms with Crippen molar-refractivity contribution in [2.24, 2.45) is 23.5 Å². The summed E-state index contributed by atoms with van der Waals surface area (Å²) < 4.78 is 24.9. The normalized spacial score (nSPS) is 25.9. The van der Waals surface area contributed by atoms with E-state index in [-0.39, 0.29) is 45.4 Å². The quantitative estimate of drug-likeness (QED) is 0.0464. The predicted octanol–water partition coefficient (Wildman–Crippen LogP) is -3.66. The third-order valence-corrected chi connectivity index (χ3v) is 16.9. The summed E-state index contributed by atoms with van der Waals surface area (Å²) in [6, 6.07) is -6.51. The predicted molar refractivity (Wildman–Crippen MR) is 274 cm³/mol. The third kappa shape index (κ3) is 16.9. The van der Waals surface area contributed by atoms with Gasteiger partial charge in [0, 0.05) is 48.3 Å². The van der Waals surface area contributed by atoms with Gasteiger partial charge in [-0.3, -0.25) is 52.2 Å². The number of primary amides is 1. The number of nitrogens with zero attached hydrogens (tertiary/aromatic N) is 1. The summed E-state index contributed by atoms with van der Waals surface area (Å²) in [4.78, 5) is 153. The number of phenolic OH excluding ortho intramolecular Hbond substituents is 1. The molecule has 0 spiro atoms. The minimum Gasteiger partial charge on any atom is -0.508 e. The Morgan fingerprint density at radius 2 is 1.55 bits per heavy atom. The molecule has 3 aliphatic rings. The van der Waals surface area contributed by atoms with E-state index in [9.17, 15) is 72.3 Å². The van der Waals surface area contributed by atoms with E-state index in [0.717, 1.165) is 4.90 Å². The number of hydrogen-bond acceptors (Lipinski definition) is 19. The Labute approximate surface area is 450 Å². The topological polar surface area (TPSA) is 433 Å². The van der Waals surface area contributed by atoms with Gasteiger partial charge in [0.15, 0.2) is 0 Å². The molecule has 9 amide bonds. The molecule has 0 radical (unpaired) electrons. The van der Waals surface area contributed by atoms with E-state index in [1.165, 1.54) is 53.6 Å². The number of hydrogen-bond donors (Lipinski definition) is 13. The first-order chi connectivity index (χ1) is 36.4. The van der Waals surface area contributed by atoms with Crippen LogP contribution in [0.3, 0.4) is 0 Å². The molecule has 0 aliphatic carbocycles. The lowest BCUT2D eigenvalue weighted by atomic mass is 9.93. The van der Waals surface area contributed by atoms with E-state index < -0.39 is 194 Å². The zero-order valence-corrected chi connectivity index (χ0v) is 44.8.